The van der Waals surface area contributed by atoms with Gasteiger partial charge >= 0.3 is 0 Å². The number of ether oxygens (including phenoxy) is 1. The van der Waals surface area contributed by atoms with Crippen molar-refractivity contribution in [2.24, 2.45) is 0 Å². The number of carbonyl (C=O) groups excluding carboxylic acids is 1. The first-order chi connectivity index (χ1) is 15.6. The zero-order valence-corrected chi connectivity index (χ0v) is 18.7. The topological polar surface area (TPSA) is 77.2 Å². The number of fused-ring (bicyclic) bond motifs is 2. The second-order valence-corrected chi connectivity index (χ2v) is 8.81. The van der Waals surface area contributed by atoms with Crippen LogP contribution in [0.25, 0.3) is 21.8 Å². The van der Waals surface area contributed by atoms with Crippen molar-refractivity contribution in [2.75, 3.05) is 26.8 Å². The van der Waals surface area contributed by atoms with Crippen LogP contribution >= 0.6 is 11.6 Å². The SMILES string of the molecule is COC[C@@H]1C(C=O)N(Cc2cc3cnccc3[nH]2)CCN1Cc1cc2cc(Cl)ccc2[nH]1. The van der Waals surface area contributed by atoms with Crippen LogP contribution in [-0.2, 0) is 22.6 Å². The first-order valence-corrected chi connectivity index (χ1v) is 11.1. The van der Waals surface area contributed by atoms with Gasteiger partial charge in [0, 0.05) is 83.9 Å². The van der Waals surface area contributed by atoms with Crippen LogP contribution in [0.5, 0.6) is 0 Å². The summed E-state index contributed by atoms with van der Waals surface area (Å²) in [5, 5.41) is 2.90. The van der Waals surface area contributed by atoms with Gasteiger partial charge < -0.3 is 19.5 Å². The van der Waals surface area contributed by atoms with Gasteiger partial charge in [0.1, 0.15) is 6.29 Å². The molecule has 4 aromatic rings. The highest BCUT2D eigenvalue weighted by Gasteiger charge is 2.36. The maximum Gasteiger partial charge on any atom is 0.138 e. The van der Waals surface area contributed by atoms with Crippen LogP contribution in [0.1, 0.15) is 11.4 Å². The molecular formula is C24H26ClN5O2. The third kappa shape index (κ3) is 4.17. The number of pyridine rings is 1. The lowest BCUT2D eigenvalue weighted by atomic mass is 10.0. The number of aromatic nitrogens is 3. The number of methoxy groups -OCH3 is 1. The molecule has 0 aliphatic carbocycles. The number of piperazine rings is 1. The molecule has 1 aromatic carbocycles. The Morgan fingerprint density at radius 2 is 1.78 bits per heavy atom. The molecule has 1 saturated heterocycles. The van der Waals surface area contributed by atoms with Crippen LogP contribution in [0.3, 0.4) is 0 Å². The van der Waals surface area contributed by atoms with Crippen molar-refractivity contribution in [1.29, 1.82) is 0 Å². The van der Waals surface area contributed by atoms with Crippen LogP contribution in [0.4, 0.5) is 0 Å². The van der Waals surface area contributed by atoms with Crippen LogP contribution in [0.15, 0.2) is 48.8 Å². The van der Waals surface area contributed by atoms with Crippen molar-refractivity contribution in [3.8, 4) is 0 Å². The third-order valence-electron chi connectivity index (χ3n) is 6.30. The lowest BCUT2D eigenvalue weighted by Gasteiger charge is -2.45. The highest BCUT2D eigenvalue weighted by Crippen LogP contribution is 2.25. The average Bonchev–Trinajstić information content (AvgIpc) is 3.38. The van der Waals surface area contributed by atoms with Crippen LogP contribution in [-0.4, -0.2) is 69.9 Å². The minimum Gasteiger partial charge on any atom is -0.383 e. The van der Waals surface area contributed by atoms with E-state index in [0.29, 0.717) is 13.2 Å². The molecule has 0 bridgehead atoms. The van der Waals surface area contributed by atoms with E-state index in [2.05, 4.69) is 36.9 Å². The Bertz CT molecular complexity index is 1200. The smallest absolute Gasteiger partial charge is 0.138 e. The summed E-state index contributed by atoms with van der Waals surface area (Å²) in [5.41, 5.74) is 4.30. The van der Waals surface area contributed by atoms with Crippen LogP contribution < -0.4 is 0 Å². The maximum atomic E-state index is 12.2. The normalized spacial score (nSPS) is 20.3. The Kier molecular flexibility index (Phi) is 5.97. The fourth-order valence-electron chi connectivity index (χ4n) is 4.77. The average molecular weight is 452 g/mol. The Balaban J connectivity index is 1.35. The minimum atomic E-state index is -0.257. The molecule has 4 heterocycles. The van der Waals surface area contributed by atoms with Gasteiger partial charge in [0.2, 0.25) is 0 Å². The molecule has 0 radical (unpaired) electrons. The Hall–Kier alpha value is -2.71. The molecule has 3 aromatic heterocycles. The van der Waals surface area contributed by atoms with E-state index in [4.69, 9.17) is 16.3 Å². The minimum absolute atomic E-state index is 0.0349. The van der Waals surface area contributed by atoms with Crippen LogP contribution in [0, 0.1) is 0 Å². The third-order valence-corrected chi connectivity index (χ3v) is 6.53. The Morgan fingerprint density at radius 3 is 2.53 bits per heavy atom. The summed E-state index contributed by atoms with van der Waals surface area (Å²) in [5.74, 6) is 0. The first kappa shape index (κ1) is 21.2. The van der Waals surface area contributed by atoms with Crippen LogP contribution in [0.2, 0.25) is 5.02 Å². The number of carbonyl (C=O) groups is 1. The van der Waals surface area contributed by atoms with E-state index in [0.717, 1.165) is 64.1 Å². The monoisotopic (exact) mass is 451 g/mol. The molecule has 1 aliphatic heterocycles. The molecule has 5 rings (SSSR count). The standard InChI is InChI=1S/C24H26ClN5O2/c1-32-15-24-23(14-31)29(12-20-10-17-11-26-5-4-22(17)28-20)6-7-30(24)13-19-9-16-8-18(25)2-3-21(16)27-19/h2-5,8-11,14,23-24,27-28H,6-7,12-13,15H2,1H3/t23?,24-/m1/s1. The summed E-state index contributed by atoms with van der Waals surface area (Å²) in [6.07, 6.45) is 4.69. The second kappa shape index (κ2) is 9.03. The number of halogens is 1. The number of aromatic amines is 2. The van der Waals surface area contributed by atoms with E-state index in [1.165, 1.54) is 0 Å². The summed E-state index contributed by atoms with van der Waals surface area (Å²) >= 11 is 6.14. The van der Waals surface area contributed by atoms with Crippen molar-refractivity contribution in [2.45, 2.75) is 25.2 Å². The summed E-state index contributed by atoms with van der Waals surface area (Å²) in [6, 6.07) is 11.8. The molecule has 0 amide bonds. The zero-order valence-electron chi connectivity index (χ0n) is 17.9. The molecule has 0 saturated carbocycles. The molecule has 1 aliphatic rings. The van der Waals surface area contributed by atoms with Crippen molar-refractivity contribution >= 4 is 39.7 Å². The maximum absolute atomic E-state index is 12.2. The van der Waals surface area contributed by atoms with Gasteiger partial charge in [-0.3, -0.25) is 14.8 Å². The van der Waals surface area contributed by atoms with E-state index in [1.54, 1.807) is 13.3 Å². The molecule has 1 fully saturated rings. The first-order valence-electron chi connectivity index (χ1n) is 10.8. The highest BCUT2D eigenvalue weighted by molar-refractivity contribution is 6.31. The largest absolute Gasteiger partial charge is 0.383 e. The lowest BCUT2D eigenvalue weighted by molar-refractivity contribution is -0.120. The second-order valence-electron chi connectivity index (χ2n) is 8.37. The summed E-state index contributed by atoms with van der Waals surface area (Å²) in [7, 11) is 1.69. The van der Waals surface area contributed by atoms with E-state index in [-0.39, 0.29) is 12.1 Å². The number of H-pyrrole nitrogens is 2. The number of hydrogen-bond donors (Lipinski definition) is 2. The van der Waals surface area contributed by atoms with Crippen molar-refractivity contribution in [3.63, 3.8) is 0 Å². The van der Waals surface area contributed by atoms with Gasteiger partial charge in [-0.25, -0.2) is 0 Å². The van der Waals surface area contributed by atoms with Gasteiger partial charge in [0.25, 0.3) is 0 Å². The van der Waals surface area contributed by atoms with E-state index in [1.807, 2.05) is 30.5 Å². The quantitative estimate of drug-likeness (QED) is 0.420. The number of benzene rings is 1. The molecule has 2 atom stereocenters. The van der Waals surface area contributed by atoms with Gasteiger partial charge in [-0.1, -0.05) is 11.6 Å². The fraction of sp³-hybridized carbons (Fsp3) is 0.333. The summed E-state index contributed by atoms with van der Waals surface area (Å²) in [4.78, 5) is 27.9. The molecule has 7 nitrogen and oxygen atoms in total. The van der Waals surface area contributed by atoms with Crippen molar-refractivity contribution < 1.29 is 9.53 Å². The van der Waals surface area contributed by atoms with Gasteiger partial charge in [-0.05, 0) is 36.4 Å². The van der Waals surface area contributed by atoms with Gasteiger partial charge in [0.15, 0.2) is 0 Å². The van der Waals surface area contributed by atoms with Crippen molar-refractivity contribution in [1.82, 2.24) is 24.8 Å². The Labute approximate surface area is 191 Å². The number of hydrogen-bond acceptors (Lipinski definition) is 5. The molecule has 32 heavy (non-hydrogen) atoms. The van der Waals surface area contributed by atoms with E-state index < -0.39 is 0 Å². The Morgan fingerprint density at radius 1 is 1.06 bits per heavy atom. The number of nitrogens with one attached hydrogen (secondary N) is 2. The highest BCUT2D eigenvalue weighted by atomic mass is 35.5. The molecule has 166 valence electrons. The fourth-order valence-corrected chi connectivity index (χ4v) is 4.95. The summed E-state index contributed by atoms with van der Waals surface area (Å²) < 4.78 is 5.53. The molecule has 1 unspecified atom stereocenters. The molecular weight excluding hydrogens is 426 g/mol. The lowest BCUT2D eigenvalue weighted by Crippen LogP contribution is -2.61. The van der Waals surface area contributed by atoms with Crippen molar-refractivity contribution in [3.05, 3.63) is 65.2 Å². The molecule has 0 spiro atoms. The van der Waals surface area contributed by atoms with Gasteiger partial charge in [-0.2, -0.15) is 0 Å². The number of rotatable bonds is 7. The van der Waals surface area contributed by atoms with Gasteiger partial charge in [-0.15, -0.1) is 0 Å². The number of nitrogens with zero attached hydrogens (tertiary/aromatic N) is 3. The number of aldehydes is 1. The van der Waals surface area contributed by atoms with Gasteiger partial charge in [0.05, 0.1) is 18.7 Å². The van der Waals surface area contributed by atoms with E-state index >= 15 is 0 Å². The predicted octanol–water partition coefficient (Wildman–Crippen LogP) is 3.60. The zero-order chi connectivity index (χ0) is 22.1. The predicted molar refractivity (Wildman–Crippen MR) is 126 cm³/mol. The summed E-state index contributed by atoms with van der Waals surface area (Å²) in [6.45, 7) is 3.52. The molecule has 2 N–H and O–H groups in total. The van der Waals surface area contributed by atoms with E-state index in [9.17, 15) is 4.79 Å². The molecule has 8 heteroatoms.